The van der Waals surface area contributed by atoms with E-state index in [9.17, 15) is 14.0 Å². The minimum atomic E-state index is -1.07. The summed E-state index contributed by atoms with van der Waals surface area (Å²) in [5.41, 5.74) is -0.0609. The van der Waals surface area contributed by atoms with E-state index in [4.69, 9.17) is 23.2 Å². The fourth-order valence-corrected chi connectivity index (χ4v) is 2.99. The van der Waals surface area contributed by atoms with Gasteiger partial charge in [0.05, 0.1) is 10.0 Å². The van der Waals surface area contributed by atoms with Crippen LogP contribution in [0.2, 0.25) is 10.0 Å². The third-order valence-electron chi connectivity index (χ3n) is 4.43. The Morgan fingerprint density at radius 3 is 2.42 bits per heavy atom. The molecule has 1 fully saturated rings. The fraction of sp³-hybridized carbons (Fsp3) is 0.263. The first kappa shape index (κ1) is 18.7. The van der Waals surface area contributed by atoms with Gasteiger partial charge in [-0.25, -0.2) is 4.39 Å². The van der Waals surface area contributed by atoms with Crippen LogP contribution < -0.4 is 10.6 Å². The van der Waals surface area contributed by atoms with Gasteiger partial charge in [0.1, 0.15) is 11.2 Å². The molecule has 1 aliphatic rings. The van der Waals surface area contributed by atoms with Crippen molar-refractivity contribution < 1.29 is 14.0 Å². The van der Waals surface area contributed by atoms with Gasteiger partial charge in [0.25, 0.3) is 0 Å². The fourth-order valence-electron chi connectivity index (χ4n) is 2.69. The molecule has 0 aromatic heterocycles. The van der Waals surface area contributed by atoms with Crippen LogP contribution in [-0.2, 0) is 16.0 Å². The van der Waals surface area contributed by atoms with Gasteiger partial charge in [-0.05, 0) is 49.1 Å². The lowest BCUT2D eigenvalue weighted by atomic mass is 10.0. The highest BCUT2D eigenvalue weighted by Crippen LogP contribution is 2.47. The number of hydrogen-bond donors (Lipinski definition) is 2. The molecular weight excluding hydrogens is 378 g/mol. The van der Waals surface area contributed by atoms with E-state index in [1.807, 2.05) is 0 Å². The van der Waals surface area contributed by atoms with Crippen molar-refractivity contribution in [2.24, 2.45) is 5.41 Å². The van der Waals surface area contributed by atoms with Crippen LogP contribution in [-0.4, -0.2) is 18.4 Å². The Bertz CT molecular complexity index is 853. The lowest BCUT2D eigenvalue weighted by Crippen LogP contribution is -2.40. The molecule has 1 aliphatic carbocycles. The maximum atomic E-state index is 13.6. The third kappa shape index (κ3) is 4.00. The molecule has 0 bridgehead atoms. The van der Waals surface area contributed by atoms with Crippen molar-refractivity contribution in [3.05, 3.63) is 63.9 Å². The molecular formula is C19H17Cl2FN2O2. The van der Waals surface area contributed by atoms with E-state index >= 15 is 0 Å². The van der Waals surface area contributed by atoms with E-state index in [1.54, 1.807) is 30.3 Å². The molecule has 0 atom stereocenters. The molecule has 2 aromatic carbocycles. The van der Waals surface area contributed by atoms with E-state index in [2.05, 4.69) is 10.6 Å². The number of benzene rings is 2. The van der Waals surface area contributed by atoms with Gasteiger partial charge in [-0.3, -0.25) is 9.59 Å². The van der Waals surface area contributed by atoms with Gasteiger partial charge >= 0.3 is 0 Å². The summed E-state index contributed by atoms with van der Waals surface area (Å²) in [5.74, 6) is -1.02. The zero-order valence-electron chi connectivity index (χ0n) is 13.8. The Morgan fingerprint density at radius 2 is 1.77 bits per heavy atom. The number of anilines is 1. The SMILES string of the molecule is O=C(NCCc1ccccc1F)C1(C(=O)Nc2ccc(Cl)c(Cl)c2)CC1. The van der Waals surface area contributed by atoms with Crippen molar-refractivity contribution in [1.29, 1.82) is 0 Å². The number of rotatable bonds is 6. The Morgan fingerprint density at radius 1 is 1.04 bits per heavy atom. The Hall–Kier alpha value is -2.11. The predicted octanol–water partition coefficient (Wildman–Crippen LogP) is 4.21. The molecule has 2 aromatic rings. The summed E-state index contributed by atoms with van der Waals surface area (Å²) in [6.07, 6.45) is 1.32. The Kier molecular flexibility index (Phi) is 5.49. The quantitative estimate of drug-likeness (QED) is 0.720. The van der Waals surface area contributed by atoms with Crippen LogP contribution >= 0.6 is 23.2 Å². The molecule has 0 unspecified atom stereocenters. The van der Waals surface area contributed by atoms with Crippen molar-refractivity contribution in [3.63, 3.8) is 0 Å². The Balaban J connectivity index is 1.57. The predicted molar refractivity (Wildman–Crippen MR) is 99.9 cm³/mol. The lowest BCUT2D eigenvalue weighted by molar-refractivity contribution is -0.134. The van der Waals surface area contributed by atoms with Crippen LogP contribution in [0.1, 0.15) is 18.4 Å². The molecule has 1 saturated carbocycles. The highest BCUT2D eigenvalue weighted by Gasteiger charge is 2.56. The highest BCUT2D eigenvalue weighted by atomic mass is 35.5. The second-order valence-electron chi connectivity index (χ2n) is 6.26. The van der Waals surface area contributed by atoms with Gasteiger partial charge in [0.15, 0.2) is 0 Å². The van der Waals surface area contributed by atoms with Gasteiger partial charge in [-0.2, -0.15) is 0 Å². The van der Waals surface area contributed by atoms with Crippen LogP contribution in [0.5, 0.6) is 0 Å². The summed E-state index contributed by atoms with van der Waals surface area (Å²) < 4.78 is 13.6. The lowest BCUT2D eigenvalue weighted by Gasteiger charge is -2.16. The maximum absolute atomic E-state index is 13.6. The van der Waals surface area contributed by atoms with Crippen LogP contribution in [0, 0.1) is 11.2 Å². The molecule has 0 heterocycles. The third-order valence-corrected chi connectivity index (χ3v) is 5.17. The second kappa shape index (κ2) is 7.64. The molecule has 3 rings (SSSR count). The number of carbonyl (C=O) groups excluding carboxylic acids is 2. The van der Waals surface area contributed by atoms with Gasteiger partial charge < -0.3 is 10.6 Å². The molecule has 0 aliphatic heterocycles. The number of hydrogen-bond acceptors (Lipinski definition) is 2. The van der Waals surface area contributed by atoms with Gasteiger partial charge in [-0.15, -0.1) is 0 Å². The summed E-state index contributed by atoms with van der Waals surface area (Å²) in [4.78, 5) is 25.0. The maximum Gasteiger partial charge on any atom is 0.240 e. The first-order chi connectivity index (χ1) is 12.4. The molecule has 7 heteroatoms. The van der Waals surface area contributed by atoms with Gasteiger partial charge in [0, 0.05) is 12.2 Å². The van der Waals surface area contributed by atoms with E-state index in [0.29, 0.717) is 40.6 Å². The van der Waals surface area contributed by atoms with Crippen LogP contribution in [0.4, 0.5) is 10.1 Å². The molecule has 0 saturated heterocycles. The van der Waals surface area contributed by atoms with Gasteiger partial charge in [-0.1, -0.05) is 41.4 Å². The molecule has 0 spiro atoms. The summed E-state index contributed by atoms with van der Waals surface area (Å²) in [7, 11) is 0. The number of amides is 2. The minimum absolute atomic E-state index is 0.265. The summed E-state index contributed by atoms with van der Waals surface area (Å²) in [5, 5.41) is 6.15. The zero-order chi connectivity index (χ0) is 18.7. The normalized spacial score (nSPS) is 14.6. The number of carbonyl (C=O) groups is 2. The standard InChI is InChI=1S/C19H17Cl2FN2O2/c20-14-6-5-13(11-15(14)21)24-18(26)19(8-9-19)17(25)23-10-7-12-3-1-2-4-16(12)22/h1-6,11H,7-10H2,(H,23,25)(H,24,26). The Labute approximate surface area is 160 Å². The molecule has 2 amide bonds. The zero-order valence-corrected chi connectivity index (χ0v) is 15.3. The van der Waals surface area contributed by atoms with Crippen molar-refractivity contribution in [3.8, 4) is 0 Å². The molecule has 4 nitrogen and oxygen atoms in total. The topological polar surface area (TPSA) is 58.2 Å². The van der Waals surface area contributed by atoms with Crippen LogP contribution in [0.25, 0.3) is 0 Å². The molecule has 2 N–H and O–H groups in total. The molecule has 0 radical (unpaired) electrons. The monoisotopic (exact) mass is 394 g/mol. The number of nitrogens with one attached hydrogen (secondary N) is 2. The van der Waals surface area contributed by atoms with E-state index < -0.39 is 5.41 Å². The summed E-state index contributed by atoms with van der Waals surface area (Å²) >= 11 is 11.8. The van der Waals surface area contributed by atoms with E-state index in [1.165, 1.54) is 12.1 Å². The van der Waals surface area contributed by atoms with Crippen molar-refractivity contribution >= 4 is 40.7 Å². The first-order valence-electron chi connectivity index (χ1n) is 8.20. The smallest absolute Gasteiger partial charge is 0.240 e. The number of halogens is 3. The van der Waals surface area contributed by atoms with Crippen molar-refractivity contribution in [2.75, 3.05) is 11.9 Å². The largest absolute Gasteiger partial charge is 0.355 e. The molecule has 26 heavy (non-hydrogen) atoms. The van der Waals surface area contributed by atoms with Crippen molar-refractivity contribution in [2.45, 2.75) is 19.3 Å². The highest BCUT2D eigenvalue weighted by molar-refractivity contribution is 6.42. The van der Waals surface area contributed by atoms with Crippen LogP contribution in [0.3, 0.4) is 0 Å². The first-order valence-corrected chi connectivity index (χ1v) is 8.96. The molecule has 136 valence electrons. The van der Waals surface area contributed by atoms with Gasteiger partial charge in [0.2, 0.25) is 11.8 Å². The van der Waals surface area contributed by atoms with E-state index in [-0.39, 0.29) is 24.2 Å². The summed E-state index contributed by atoms with van der Waals surface area (Å²) in [6.45, 7) is 0.265. The minimum Gasteiger partial charge on any atom is -0.355 e. The second-order valence-corrected chi connectivity index (χ2v) is 7.08. The van der Waals surface area contributed by atoms with E-state index in [0.717, 1.165) is 0 Å². The average Bonchev–Trinajstić information content (AvgIpc) is 3.42. The summed E-state index contributed by atoms with van der Waals surface area (Å²) in [6, 6.07) is 11.1. The van der Waals surface area contributed by atoms with Crippen LogP contribution in [0.15, 0.2) is 42.5 Å². The average molecular weight is 395 g/mol. The van der Waals surface area contributed by atoms with Crippen molar-refractivity contribution in [1.82, 2.24) is 5.32 Å².